The van der Waals surface area contributed by atoms with Gasteiger partial charge in [0.1, 0.15) is 17.3 Å². The first-order valence-electron chi connectivity index (χ1n) is 5.09. The van der Waals surface area contributed by atoms with Gasteiger partial charge in [0, 0.05) is 18.2 Å². The Hall–Kier alpha value is -2.44. The molecule has 0 spiro atoms. The second-order valence-corrected chi connectivity index (χ2v) is 3.58. The molecule has 0 aliphatic carbocycles. The Morgan fingerprint density at radius 3 is 2.89 bits per heavy atom. The molecule has 0 saturated carbocycles. The summed E-state index contributed by atoms with van der Waals surface area (Å²) < 4.78 is 26.0. The van der Waals surface area contributed by atoms with Crippen molar-refractivity contribution in [3.05, 3.63) is 52.1 Å². The van der Waals surface area contributed by atoms with Gasteiger partial charge in [-0.05, 0) is 6.07 Å². The maximum Gasteiger partial charge on any atom is 0.276 e. The van der Waals surface area contributed by atoms with Crippen LogP contribution in [0.4, 0.5) is 20.3 Å². The highest BCUT2D eigenvalue weighted by atomic mass is 19.1. The molecule has 0 fully saturated rings. The number of benzene rings is 1. The van der Waals surface area contributed by atoms with Crippen LogP contribution in [0.1, 0.15) is 5.56 Å². The van der Waals surface area contributed by atoms with Crippen molar-refractivity contribution in [1.29, 1.82) is 0 Å². The lowest BCUT2D eigenvalue weighted by Gasteiger charge is -2.07. The molecule has 18 heavy (non-hydrogen) atoms. The van der Waals surface area contributed by atoms with Crippen molar-refractivity contribution in [3.8, 4) is 0 Å². The summed E-state index contributed by atoms with van der Waals surface area (Å²) in [6.07, 6.45) is 1.18. The molecule has 1 aromatic heterocycles. The number of hydrogen-bond donors (Lipinski definition) is 3. The van der Waals surface area contributed by atoms with Gasteiger partial charge >= 0.3 is 0 Å². The van der Waals surface area contributed by atoms with E-state index >= 15 is 0 Å². The van der Waals surface area contributed by atoms with Gasteiger partial charge in [0.05, 0.1) is 6.33 Å². The van der Waals surface area contributed by atoms with Crippen molar-refractivity contribution in [3.63, 3.8) is 0 Å². The van der Waals surface area contributed by atoms with E-state index in [1.54, 1.807) is 0 Å². The van der Waals surface area contributed by atoms with Crippen LogP contribution in [0, 0.1) is 11.6 Å². The summed E-state index contributed by atoms with van der Waals surface area (Å²) in [7, 11) is 0. The first-order chi connectivity index (χ1) is 8.58. The number of nitrogens with one attached hydrogen (secondary N) is 2. The number of H-pyrrole nitrogens is 1. The predicted octanol–water partition coefficient (Wildman–Crippen LogP) is 1.24. The van der Waals surface area contributed by atoms with E-state index in [9.17, 15) is 13.6 Å². The molecular weight excluding hydrogens is 242 g/mol. The van der Waals surface area contributed by atoms with Gasteiger partial charge in [-0.3, -0.25) is 4.79 Å². The molecule has 0 atom stereocenters. The Kier molecular flexibility index (Phi) is 3.22. The number of aromatic amines is 1. The Balaban J connectivity index is 2.16. The second-order valence-electron chi connectivity index (χ2n) is 3.58. The smallest absolute Gasteiger partial charge is 0.276 e. The molecule has 0 amide bonds. The van der Waals surface area contributed by atoms with Gasteiger partial charge in [0.2, 0.25) is 0 Å². The largest absolute Gasteiger partial charge is 0.391 e. The molecule has 1 heterocycles. The molecule has 4 N–H and O–H groups in total. The third kappa shape index (κ3) is 2.45. The quantitative estimate of drug-likeness (QED) is 0.767. The minimum Gasteiger partial charge on any atom is -0.391 e. The highest BCUT2D eigenvalue weighted by Crippen LogP contribution is 2.13. The molecule has 0 saturated heterocycles. The third-order valence-corrected chi connectivity index (χ3v) is 2.35. The molecule has 2 rings (SSSR count). The summed E-state index contributed by atoms with van der Waals surface area (Å²) in [4.78, 5) is 17.3. The van der Waals surface area contributed by atoms with Crippen molar-refractivity contribution in [1.82, 2.24) is 9.97 Å². The zero-order valence-electron chi connectivity index (χ0n) is 9.21. The summed E-state index contributed by atoms with van der Waals surface area (Å²) in [5.74, 6) is -1.17. The van der Waals surface area contributed by atoms with Gasteiger partial charge in [-0.2, -0.15) is 0 Å². The first-order valence-corrected chi connectivity index (χ1v) is 5.09. The maximum absolute atomic E-state index is 13.3. The van der Waals surface area contributed by atoms with E-state index in [-0.39, 0.29) is 23.6 Å². The van der Waals surface area contributed by atoms with Gasteiger partial charge in [-0.15, -0.1) is 0 Å². The summed E-state index contributed by atoms with van der Waals surface area (Å²) in [6, 6.07) is 3.24. The van der Waals surface area contributed by atoms with Crippen LogP contribution < -0.4 is 16.6 Å². The Morgan fingerprint density at radius 1 is 1.39 bits per heavy atom. The molecule has 0 bridgehead atoms. The Labute approximate surface area is 101 Å². The van der Waals surface area contributed by atoms with E-state index < -0.39 is 17.2 Å². The molecule has 0 aliphatic heterocycles. The molecule has 0 unspecified atom stereocenters. The lowest BCUT2D eigenvalue weighted by Crippen LogP contribution is -2.16. The lowest BCUT2D eigenvalue weighted by atomic mass is 10.2. The number of hydrogen-bond acceptors (Lipinski definition) is 4. The van der Waals surface area contributed by atoms with E-state index in [1.807, 2.05) is 0 Å². The van der Waals surface area contributed by atoms with Crippen molar-refractivity contribution in [2.45, 2.75) is 6.54 Å². The topological polar surface area (TPSA) is 83.8 Å². The zero-order valence-corrected chi connectivity index (χ0v) is 9.21. The highest BCUT2D eigenvalue weighted by Gasteiger charge is 2.07. The van der Waals surface area contributed by atoms with Gasteiger partial charge in [0.25, 0.3) is 5.56 Å². The van der Waals surface area contributed by atoms with E-state index in [4.69, 9.17) is 5.73 Å². The van der Waals surface area contributed by atoms with Crippen molar-refractivity contribution in [2.24, 2.45) is 0 Å². The fraction of sp³-hybridized carbons (Fsp3) is 0.0909. The number of nitrogens with zero attached hydrogens (tertiary/aromatic N) is 1. The zero-order chi connectivity index (χ0) is 13.1. The van der Waals surface area contributed by atoms with Gasteiger partial charge in [-0.25, -0.2) is 13.8 Å². The summed E-state index contributed by atoms with van der Waals surface area (Å²) in [5.41, 5.74) is 5.17. The number of anilines is 2. The minimum atomic E-state index is -0.675. The normalized spacial score (nSPS) is 10.3. The number of halogens is 2. The summed E-state index contributed by atoms with van der Waals surface area (Å²) in [5, 5.41) is 2.71. The SMILES string of the molecule is Nc1c(NCc2ccc(F)cc2F)nc[nH]c1=O. The van der Waals surface area contributed by atoms with Gasteiger partial charge in [0.15, 0.2) is 5.82 Å². The fourth-order valence-corrected chi connectivity index (χ4v) is 1.40. The molecule has 7 heteroatoms. The number of nitrogen functional groups attached to an aromatic ring is 1. The summed E-state index contributed by atoms with van der Waals surface area (Å²) in [6.45, 7) is 0.0484. The maximum atomic E-state index is 13.3. The van der Waals surface area contributed by atoms with E-state index in [2.05, 4.69) is 15.3 Å². The van der Waals surface area contributed by atoms with E-state index in [0.717, 1.165) is 12.1 Å². The molecule has 94 valence electrons. The number of rotatable bonds is 3. The van der Waals surface area contributed by atoms with E-state index in [0.29, 0.717) is 0 Å². The molecule has 5 nitrogen and oxygen atoms in total. The molecule has 0 radical (unpaired) electrons. The Morgan fingerprint density at radius 2 is 2.17 bits per heavy atom. The molecule has 1 aromatic carbocycles. The van der Waals surface area contributed by atoms with Crippen LogP contribution in [0.15, 0.2) is 29.3 Å². The van der Waals surface area contributed by atoms with Gasteiger partial charge in [-0.1, -0.05) is 6.07 Å². The monoisotopic (exact) mass is 252 g/mol. The lowest BCUT2D eigenvalue weighted by molar-refractivity contribution is 0.574. The van der Waals surface area contributed by atoms with Crippen LogP contribution in [0.3, 0.4) is 0 Å². The Bertz CT molecular complexity index is 627. The number of aromatic nitrogens is 2. The van der Waals surface area contributed by atoms with Crippen LogP contribution in [0.2, 0.25) is 0 Å². The summed E-state index contributed by atoms with van der Waals surface area (Å²) >= 11 is 0. The minimum absolute atomic E-state index is 0.0484. The number of nitrogens with two attached hydrogens (primary N) is 1. The van der Waals surface area contributed by atoms with E-state index in [1.165, 1.54) is 12.4 Å². The molecular formula is C11H10F2N4O. The second kappa shape index (κ2) is 4.82. The molecule has 2 aromatic rings. The van der Waals surface area contributed by atoms with Gasteiger partial charge < -0.3 is 16.0 Å². The standard InChI is InChI=1S/C11H10F2N4O/c12-7-2-1-6(8(13)3-7)4-15-10-9(14)11(18)17-5-16-10/h1-3,5H,4,14H2,(H2,15,16,17,18). The van der Waals surface area contributed by atoms with Crippen molar-refractivity contribution in [2.75, 3.05) is 11.1 Å². The van der Waals surface area contributed by atoms with Crippen molar-refractivity contribution >= 4 is 11.5 Å². The first kappa shape index (κ1) is 12.0. The van der Waals surface area contributed by atoms with Crippen LogP contribution in [-0.4, -0.2) is 9.97 Å². The van der Waals surface area contributed by atoms with Crippen LogP contribution in [0.25, 0.3) is 0 Å². The van der Waals surface area contributed by atoms with Crippen LogP contribution in [0.5, 0.6) is 0 Å². The van der Waals surface area contributed by atoms with Crippen LogP contribution in [-0.2, 0) is 6.54 Å². The average molecular weight is 252 g/mol. The fourth-order valence-electron chi connectivity index (χ4n) is 1.40. The highest BCUT2D eigenvalue weighted by molar-refractivity contribution is 5.58. The van der Waals surface area contributed by atoms with Crippen LogP contribution >= 0.6 is 0 Å². The average Bonchev–Trinajstić information content (AvgIpc) is 2.33. The third-order valence-electron chi connectivity index (χ3n) is 2.35. The van der Waals surface area contributed by atoms with Crippen molar-refractivity contribution < 1.29 is 8.78 Å². The molecule has 0 aliphatic rings. The predicted molar refractivity (Wildman–Crippen MR) is 63.0 cm³/mol.